The van der Waals surface area contributed by atoms with Gasteiger partial charge in [-0.3, -0.25) is 5.84 Å². The summed E-state index contributed by atoms with van der Waals surface area (Å²) in [5.41, 5.74) is 2.88. The van der Waals surface area contributed by atoms with Crippen molar-refractivity contribution >= 4 is 15.9 Å². The van der Waals surface area contributed by atoms with Gasteiger partial charge in [0.05, 0.1) is 16.1 Å². The van der Waals surface area contributed by atoms with Crippen molar-refractivity contribution in [3.8, 4) is 0 Å². The van der Waals surface area contributed by atoms with Gasteiger partial charge in [-0.2, -0.15) is 0 Å². The third kappa shape index (κ3) is 2.32. The number of methoxy groups -OCH3 is 1. The van der Waals surface area contributed by atoms with Crippen molar-refractivity contribution in [2.75, 3.05) is 7.11 Å². The maximum Gasteiger partial charge on any atom is 0.142 e. The molecule has 1 aliphatic carbocycles. The number of hydrogen-bond donors (Lipinski definition) is 2. The summed E-state index contributed by atoms with van der Waals surface area (Å²) in [6.07, 6.45) is 3.96. The lowest BCUT2D eigenvalue weighted by molar-refractivity contribution is -0.0377. The molecule has 3 nitrogen and oxygen atoms in total. The molecule has 5 heteroatoms. The Hall–Kier alpha value is -0.490. The molecule has 1 atom stereocenters. The molecule has 0 spiro atoms. The smallest absolute Gasteiger partial charge is 0.142 e. The van der Waals surface area contributed by atoms with Gasteiger partial charge in [-0.05, 0) is 34.8 Å². The first-order valence-electron chi connectivity index (χ1n) is 6.10. The maximum atomic E-state index is 14.2. The molecule has 0 aliphatic heterocycles. The molecule has 0 heterocycles. The Labute approximate surface area is 115 Å². The molecule has 1 aromatic carbocycles. The van der Waals surface area contributed by atoms with E-state index in [1.807, 2.05) is 6.07 Å². The molecule has 18 heavy (non-hydrogen) atoms. The molecule has 0 bridgehead atoms. The summed E-state index contributed by atoms with van der Waals surface area (Å²) >= 11 is 3.21. The van der Waals surface area contributed by atoms with E-state index in [0.717, 1.165) is 25.7 Å². The molecule has 1 saturated carbocycles. The van der Waals surface area contributed by atoms with Crippen LogP contribution in [0.4, 0.5) is 4.39 Å². The summed E-state index contributed by atoms with van der Waals surface area (Å²) in [5, 5.41) is 0. The highest BCUT2D eigenvalue weighted by molar-refractivity contribution is 9.10. The lowest BCUT2D eigenvalue weighted by Gasteiger charge is -2.36. The predicted octanol–water partition coefficient (Wildman–Crippen LogP) is 3.05. The Kier molecular flexibility index (Phi) is 4.37. The second kappa shape index (κ2) is 5.65. The summed E-state index contributed by atoms with van der Waals surface area (Å²) in [4.78, 5) is 0. The van der Waals surface area contributed by atoms with Crippen LogP contribution in [0.1, 0.15) is 37.3 Å². The number of nitrogens with two attached hydrogens (primary N) is 1. The predicted molar refractivity (Wildman–Crippen MR) is 72.4 cm³/mol. The molecule has 1 unspecified atom stereocenters. The minimum Gasteiger partial charge on any atom is -0.376 e. The Bertz CT molecular complexity index is 421. The molecule has 0 saturated heterocycles. The van der Waals surface area contributed by atoms with Crippen molar-refractivity contribution in [2.24, 2.45) is 5.84 Å². The average Bonchev–Trinajstić information content (AvgIpc) is 2.85. The van der Waals surface area contributed by atoms with Crippen LogP contribution in [0.15, 0.2) is 22.7 Å². The van der Waals surface area contributed by atoms with Crippen molar-refractivity contribution in [3.63, 3.8) is 0 Å². The van der Waals surface area contributed by atoms with Gasteiger partial charge in [0.2, 0.25) is 0 Å². The van der Waals surface area contributed by atoms with E-state index in [0.29, 0.717) is 10.0 Å². The van der Waals surface area contributed by atoms with Gasteiger partial charge in [0.25, 0.3) is 0 Å². The molecule has 2 rings (SSSR count). The van der Waals surface area contributed by atoms with E-state index < -0.39 is 5.60 Å². The molecule has 0 aromatic heterocycles. The first kappa shape index (κ1) is 13.9. The highest BCUT2D eigenvalue weighted by atomic mass is 79.9. The number of nitrogens with one attached hydrogen (secondary N) is 1. The first-order chi connectivity index (χ1) is 8.64. The van der Waals surface area contributed by atoms with Crippen molar-refractivity contribution in [1.29, 1.82) is 0 Å². The Morgan fingerprint density at radius 2 is 2.11 bits per heavy atom. The van der Waals surface area contributed by atoms with E-state index >= 15 is 0 Å². The zero-order chi connectivity index (χ0) is 13.2. The van der Waals surface area contributed by atoms with Crippen LogP contribution in [-0.2, 0) is 4.74 Å². The summed E-state index contributed by atoms with van der Waals surface area (Å²) in [6.45, 7) is 0. The topological polar surface area (TPSA) is 47.3 Å². The van der Waals surface area contributed by atoms with Crippen LogP contribution in [0.5, 0.6) is 0 Å². The van der Waals surface area contributed by atoms with Crippen LogP contribution in [0.2, 0.25) is 0 Å². The number of rotatable bonds is 4. The molecular formula is C13H18BrFN2O. The van der Waals surface area contributed by atoms with Gasteiger partial charge in [-0.25, -0.2) is 9.82 Å². The molecule has 1 aromatic rings. The van der Waals surface area contributed by atoms with Gasteiger partial charge in [0.15, 0.2) is 0 Å². The normalized spacial score (nSPS) is 20.0. The molecule has 1 aliphatic rings. The van der Waals surface area contributed by atoms with E-state index in [4.69, 9.17) is 10.6 Å². The van der Waals surface area contributed by atoms with E-state index in [-0.39, 0.29) is 11.9 Å². The molecule has 1 fully saturated rings. The third-order valence-electron chi connectivity index (χ3n) is 3.84. The van der Waals surface area contributed by atoms with E-state index in [1.54, 1.807) is 19.2 Å². The zero-order valence-electron chi connectivity index (χ0n) is 10.4. The lowest BCUT2D eigenvalue weighted by atomic mass is 9.87. The van der Waals surface area contributed by atoms with E-state index in [9.17, 15) is 4.39 Å². The second-order valence-electron chi connectivity index (χ2n) is 4.72. The molecular weight excluding hydrogens is 299 g/mol. The maximum absolute atomic E-state index is 14.2. The van der Waals surface area contributed by atoms with Crippen molar-refractivity contribution in [1.82, 2.24) is 5.43 Å². The minimum atomic E-state index is -0.406. The Morgan fingerprint density at radius 1 is 1.44 bits per heavy atom. The average molecular weight is 317 g/mol. The number of ether oxygens (including phenoxy) is 1. The summed E-state index contributed by atoms with van der Waals surface area (Å²) in [7, 11) is 1.67. The fourth-order valence-corrected chi connectivity index (χ4v) is 3.23. The molecule has 100 valence electrons. The number of hydrogen-bond acceptors (Lipinski definition) is 3. The molecule has 0 radical (unpaired) electrons. The number of hydrazine groups is 1. The highest BCUT2D eigenvalue weighted by Crippen LogP contribution is 2.43. The monoisotopic (exact) mass is 316 g/mol. The third-order valence-corrected chi connectivity index (χ3v) is 4.45. The lowest BCUT2D eigenvalue weighted by Crippen LogP contribution is -2.46. The number of halogens is 2. The van der Waals surface area contributed by atoms with Crippen molar-refractivity contribution < 1.29 is 9.13 Å². The highest BCUT2D eigenvalue weighted by Gasteiger charge is 2.43. The largest absolute Gasteiger partial charge is 0.376 e. The quantitative estimate of drug-likeness (QED) is 0.663. The minimum absolute atomic E-state index is 0.274. The Balaban J connectivity index is 2.41. The van der Waals surface area contributed by atoms with Crippen molar-refractivity contribution in [2.45, 2.75) is 37.3 Å². The van der Waals surface area contributed by atoms with Crippen LogP contribution in [0.3, 0.4) is 0 Å². The zero-order valence-corrected chi connectivity index (χ0v) is 12.0. The number of benzene rings is 1. The molecule has 3 N–H and O–H groups in total. The fraction of sp³-hybridized carbons (Fsp3) is 0.538. The van der Waals surface area contributed by atoms with E-state index in [2.05, 4.69) is 21.4 Å². The summed E-state index contributed by atoms with van der Waals surface area (Å²) in [5.74, 6) is 5.38. The van der Waals surface area contributed by atoms with Gasteiger partial charge < -0.3 is 4.74 Å². The first-order valence-corrected chi connectivity index (χ1v) is 6.89. The van der Waals surface area contributed by atoms with Crippen LogP contribution in [0, 0.1) is 5.82 Å². The van der Waals surface area contributed by atoms with Gasteiger partial charge in [0.1, 0.15) is 5.82 Å². The van der Waals surface area contributed by atoms with Gasteiger partial charge in [-0.1, -0.05) is 25.0 Å². The van der Waals surface area contributed by atoms with Crippen LogP contribution < -0.4 is 11.3 Å². The molecule has 0 amide bonds. The van der Waals surface area contributed by atoms with E-state index in [1.165, 1.54) is 0 Å². The van der Waals surface area contributed by atoms with Crippen molar-refractivity contribution in [3.05, 3.63) is 34.1 Å². The van der Waals surface area contributed by atoms with Crippen LogP contribution in [-0.4, -0.2) is 12.7 Å². The SMILES string of the molecule is COC1(C(NN)c2cccc(Br)c2F)CCCC1. The fourth-order valence-electron chi connectivity index (χ4n) is 2.85. The summed E-state index contributed by atoms with van der Waals surface area (Å²) < 4.78 is 20.3. The van der Waals surface area contributed by atoms with Gasteiger partial charge in [0, 0.05) is 12.7 Å². The Morgan fingerprint density at radius 3 is 2.67 bits per heavy atom. The standard InChI is InChI=1S/C13H18BrFN2O/c1-18-13(7-2-3-8-13)12(17-16)9-5-4-6-10(14)11(9)15/h4-6,12,17H,2-3,7-8,16H2,1H3. The summed E-state index contributed by atoms with van der Waals surface area (Å²) in [6, 6.07) is 4.91. The van der Waals surface area contributed by atoms with Crippen LogP contribution >= 0.6 is 15.9 Å². The second-order valence-corrected chi connectivity index (χ2v) is 5.57. The van der Waals surface area contributed by atoms with Crippen LogP contribution in [0.25, 0.3) is 0 Å². The van der Waals surface area contributed by atoms with Gasteiger partial charge in [-0.15, -0.1) is 0 Å². The van der Waals surface area contributed by atoms with Gasteiger partial charge >= 0.3 is 0 Å².